The average Bonchev–Trinajstić information content (AvgIpc) is 2.15. The Balaban J connectivity index is 0.000000385. The molecular weight excluding hydrogens is 243 g/mol. The molecule has 1 rings (SSSR count). The molecule has 1 aromatic rings. The maximum atomic E-state index is 12.8. The van der Waals surface area contributed by atoms with Crippen molar-refractivity contribution >= 4 is 16.1 Å². The van der Waals surface area contributed by atoms with E-state index in [1.54, 1.807) is 6.07 Å². The van der Waals surface area contributed by atoms with E-state index in [0.717, 1.165) is 0 Å². The molecule has 16 heavy (non-hydrogen) atoms. The molecule has 7 nitrogen and oxygen atoms in total. The van der Waals surface area contributed by atoms with Crippen molar-refractivity contribution in [1.82, 2.24) is 0 Å². The van der Waals surface area contributed by atoms with E-state index in [0.29, 0.717) is 5.69 Å². The number of ether oxygens (including phenoxy) is 1. The first kappa shape index (κ1) is 14.6. The molecule has 0 bridgehead atoms. The van der Waals surface area contributed by atoms with Crippen LogP contribution < -0.4 is 16.0 Å². The topological polar surface area (TPSA) is 122 Å². The van der Waals surface area contributed by atoms with Crippen molar-refractivity contribution in [1.29, 1.82) is 0 Å². The Hall–Kier alpha value is -1.42. The Morgan fingerprint density at radius 1 is 1.44 bits per heavy atom. The predicted molar refractivity (Wildman–Crippen MR) is 54.9 cm³/mol. The van der Waals surface area contributed by atoms with Gasteiger partial charge in [-0.1, -0.05) is 0 Å². The lowest BCUT2D eigenvalue weighted by molar-refractivity contribution is 0.381. The summed E-state index contributed by atoms with van der Waals surface area (Å²) in [5.41, 5.74) is 2.84. The van der Waals surface area contributed by atoms with Gasteiger partial charge in [0.1, 0.15) is 0 Å². The highest BCUT2D eigenvalue weighted by atomic mass is 32.3. The highest BCUT2D eigenvalue weighted by Gasteiger charge is 2.00. The van der Waals surface area contributed by atoms with Crippen LogP contribution in [0.2, 0.25) is 0 Å². The monoisotopic (exact) mass is 254 g/mol. The molecule has 9 heteroatoms. The second-order valence-electron chi connectivity index (χ2n) is 2.44. The van der Waals surface area contributed by atoms with Gasteiger partial charge in [-0.25, -0.2) is 4.39 Å². The van der Waals surface area contributed by atoms with Crippen LogP contribution in [0.1, 0.15) is 0 Å². The molecule has 0 aliphatic rings. The Bertz CT molecular complexity index is 428. The normalized spacial score (nSPS) is 10.1. The van der Waals surface area contributed by atoms with Crippen molar-refractivity contribution in [3.63, 3.8) is 0 Å². The maximum Gasteiger partial charge on any atom is 0.394 e. The van der Waals surface area contributed by atoms with Crippen LogP contribution in [-0.2, 0) is 10.4 Å². The molecule has 0 amide bonds. The summed E-state index contributed by atoms with van der Waals surface area (Å²) in [6.07, 6.45) is 0. The number of halogens is 1. The van der Waals surface area contributed by atoms with E-state index in [-0.39, 0.29) is 5.75 Å². The van der Waals surface area contributed by atoms with Crippen LogP contribution in [0.15, 0.2) is 18.2 Å². The number of nitrogens with one attached hydrogen (secondary N) is 1. The summed E-state index contributed by atoms with van der Waals surface area (Å²) in [5, 5.41) is 0. The quantitative estimate of drug-likeness (QED) is 0.343. The SMILES string of the molecule is COc1ccc(NN)cc1F.O=S(=O)(O)O. The van der Waals surface area contributed by atoms with E-state index in [1.165, 1.54) is 19.2 Å². The van der Waals surface area contributed by atoms with Crippen LogP contribution in [0.3, 0.4) is 0 Å². The summed E-state index contributed by atoms with van der Waals surface area (Å²) in [5.74, 6) is 4.84. The molecule has 0 aliphatic heterocycles. The molecule has 0 heterocycles. The summed E-state index contributed by atoms with van der Waals surface area (Å²) in [4.78, 5) is 0. The van der Waals surface area contributed by atoms with Gasteiger partial charge in [-0.3, -0.25) is 14.9 Å². The van der Waals surface area contributed by atoms with Crippen molar-refractivity contribution < 1.29 is 26.7 Å². The van der Waals surface area contributed by atoms with E-state index >= 15 is 0 Å². The Morgan fingerprint density at radius 2 is 1.94 bits per heavy atom. The molecule has 0 aromatic heterocycles. The fourth-order valence-electron chi connectivity index (χ4n) is 0.756. The smallest absolute Gasteiger partial charge is 0.394 e. The molecular formula is C7H11FN2O5S. The molecule has 0 fully saturated rings. The third-order valence-corrected chi connectivity index (χ3v) is 1.32. The van der Waals surface area contributed by atoms with Crippen LogP contribution in [0.25, 0.3) is 0 Å². The highest BCUT2D eigenvalue weighted by molar-refractivity contribution is 7.79. The predicted octanol–water partition coefficient (Wildman–Crippen LogP) is 0.467. The molecule has 0 spiro atoms. The lowest BCUT2D eigenvalue weighted by Gasteiger charge is -2.03. The Labute approximate surface area is 91.6 Å². The van der Waals surface area contributed by atoms with Gasteiger partial charge in [0.2, 0.25) is 0 Å². The van der Waals surface area contributed by atoms with Crippen molar-refractivity contribution in [2.45, 2.75) is 0 Å². The third kappa shape index (κ3) is 6.95. The second kappa shape index (κ2) is 6.23. The summed E-state index contributed by atoms with van der Waals surface area (Å²) >= 11 is 0. The largest absolute Gasteiger partial charge is 0.494 e. The van der Waals surface area contributed by atoms with E-state index in [2.05, 4.69) is 5.43 Å². The lowest BCUT2D eigenvalue weighted by atomic mass is 10.3. The van der Waals surface area contributed by atoms with Crippen LogP contribution in [0.5, 0.6) is 5.75 Å². The van der Waals surface area contributed by atoms with Crippen LogP contribution >= 0.6 is 0 Å². The number of nitrogens with two attached hydrogens (primary N) is 1. The average molecular weight is 254 g/mol. The number of hydrazine groups is 1. The van der Waals surface area contributed by atoms with Gasteiger partial charge in [0.05, 0.1) is 12.8 Å². The molecule has 0 unspecified atom stereocenters. The van der Waals surface area contributed by atoms with Crippen molar-refractivity contribution in [3.05, 3.63) is 24.0 Å². The number of hydrogen-bond donors (Lipinski definition) is 4. The number of anilines is 1. The van der Waals surface area contributed by atoms with Gasteiger partial charge in [-0.15, -0.1) is 0 Å². The molecule has 0 radical (unpaired) electrons. The van der Waals surface area contributed by atoms with Crippen LogP contribution in [0, 0.1) is 5.82 Å². The summed E-state index contributed by atoms with van der Waals surface area (Å²) < 4.78 is 49.1. The van der Waals surface area contributed by atoms with Gasteiger partial charge in [0, 0.05) is 6.07 Å². The van der Waals surface area contributed by atoms with E-state index in [9.17, 15) is 4.39 Å². The first-order valence-corrected chi connectivity index (χ1v) is 5.17. The standard InChI is InChI=1S/C7H9FN2O.H2O4S/c1-11-7-3-2-5(10-9)4-6(7)8;1-5(2,3)4/h2-4,10H,9H2,1H3;(H2,1,2,3,4). The van der Waals surface area contributed by atoms with Crippen molar-refractivity contribution in [2.75, 3.05) is 12.5 Å². The van der Waals surface area contributed by atoms with E-state index in [1.807, 2.05) is 0 Å². The summed E-state index contributed by atoms with van der Waals surface area (Å²) in [6, 6.07) is 4.39. The van der Waals surface area contributed by atoms with Gasteiger partial charge in [0.25, 0.3) is 0 Å². The molecule has 1 aromatic carbocycles. The maximum absolute atomic E-state index is 12.8. The first-order chi connectivity index (χ1) is 7.27. The van der Waals surface area contributed by atoms with Gasteiger partial charge in [-0.2, -0.15) is 8.42 Å². The van der Waals surface area contributed by atoms with Crippen LogP contribution in [0.4, 0.5) is 10.1 Å². The Morgan fingerprint density at radius 3 is 2.25 bits per heavy atom. The minimum absolute atomic E-state index is 0.212. The number of rotatable bonds is 2. The van der Waals surface area contributed by atoms with Crippen molar-refractivity contribution in [2.24, 2.45) is 5.84 Å². The minimum atomic E-state index is -4.67. The molecule has 5 N–H and O–H groups in total. The molecule has 0 aliphatic carbocycles. The molecule has 92 valence electrons. The lowest BCUT2D eigenvalue weighted by Crippen LogP contribution is -2.06. The number of benzene rings is 1. The minimum Gasteiger partial charge on any atom is -0.494 e. The fourth-order valence-corrected chi connectivity index (χ4v) is 0.756. The number of hydrogen-bond acceptors (Lipinski definition) is 5. The fraction of sp³-hybridized carbons (Fsp3) is 0.143. The second-order valence-corrected chi connectivity index (χ2v) is 3.34. The molecule has 0 saturated heterocycles. The summed E-state index contributed by atoms with van der Waals surface area (Å²) in [7, 11) is -3.26. The van der Waals surface area contributed by atoms with Gasteiger partial charge in [-0.05, 0) is 12.1 Å². The number of nitrogen functional groups attached to an aromatic ring is 1. The zero-order valence-electron chi connectivity index (χ0n) is 8.21. The summed E-state index contributed by atoms with van der Waals surface area (Å²) in [6.45, 7) is 0. The molecule has 0 atom stereocenters. The third-order valence-electron chi connectivity index (χ3n) is 1.32. The Kier molecular flexibility index (Phi) is 5.67. The van der Waals surface area contributed by atoms with Gasteiger partial charge in [0.15, 0.2) is 11.6 Å². The highest BCUT2D eigenvalue weighted by Crippen LogP contribution is 2.19. The number of methoxy groups -OCH3 is 1. The van der Waals surface area contributed by atoms with Gasteiger partial charge >= 0.3 is 10.4 Å². The van der Waals surface area contributed by atoms with E-state index < -0.39 is 16.2 Å². The molecule has 0 saturated carbocycles. The zero-order valence-corrected chi connectivity index (χ0v) is 9.03. The van der Waals surface area contributed by atoms with Crippen LogP contribution in [-0.4, -0.2) is 24.6 Å². The van der Waals surface area contributed by atoms with Gasteiger partial charge < -0.3 is 10.2 Å². The zero-order chi connectivity index (χ0) is 12.8. The van der Waals surface area contributed by atoms with E-state index in [4.69, 9.17) is 28.1 Å². The van der Waals surface area contributed by atoms with Crippen molar-refractivity contribution in [3.8, 4) is 5.75 Å². The first-order valence-electron chi connectivity index (χ1n) is 3.78.